The van der Waals surface area contributed by atoms with Crippen LogP contribution in [0.4, 0.5) is 5.69 Å². The van der Waals surface area contributed by atoms with Gasteiger partial charge in [-0.25, -0.2) is 14.2 Å². The number of aromatic nitrogens is 6. The molecule has 9 nitrogen and oxygen atoms in total. The van der Waals surface area contributed by atoms with Crippen molar-refractivity contribution >= 4 is 17.4 Å². The van der Waals surface area contributed by atoms with Crippen molar-refractivity contribution in [3.63, 3.8) is 0 Å². The summed E-state index contributed by atoms with van der Waals surface area (Å²) in [5, 5.41) is 11.0. The number of amides is 1. The molecular formula is C18H17N7O2. The van der Waals surface area contributed by atoms with Crippen molar-refractivity contribution in [1.82, 2.24) is 29.4 Å². The molecule has 1 aromatic carbocycles. The monoisotopic (exact) mass is 363 g/mol. The second-order valence-corrected chi connectivity index (χ2v) is 5.79. The number of hydrogen-bond acceptors (Lipinski definition) is 6. The summed E-state index contributed by atoms with van der Waals surface area (Å²) >= 11 is 0. The molecule has 0 saturated carbocycles. The van der Waals surface area contributed by atoms with E-state index in [1.807, 2.05) is 24.3 Å². The van der Waals surface area contributed by atoms with Crippen molar-refractivity contribution in [1.29, 1.82) is 0 Å². The van der Waals surface area contributed by atoms with E-state index in [2.05, 4.69) is 32.4 Å². The van der Waals surface area contributed by atoms with Gasteiger partial charge in [0.05, 0.1) is 18.1 Å². The van der Waals surface area contributed by atoms with Gasteiger partial charge in [-0.2, -0.15) is 10.1 Å². The van der Waals surface area contributed by atoms with E-state index >= 15 is 0 Å². The molecule has 3 aromatic heterocycles. The molecule has 0 spiro atoms. The Morgan fingerprint density at radius 3 is 2.89 bits per heavy atom. The Morgan fingerprint density at radius 1 is 1.26 bits per heavy atom. The third-order valence-corrected chi connectivity index (χ3v) is 3.91. The fraction of sp³-hybridized carbons (Fsp3) is 0.167. The average molecular weight is 363 g/mol. The SMILES string of the molecule is CCc1ccc(OCn2cc(NC(=O)c3nc4ncccn4n3)cn2)cc1. The normalized spacial score (nSPS) is 10.9. The third-order valence-electron chi connectivity index (χ3n) is 3.91. The van der Waals surface area contributed by atoms with Gasteiger partial charge in [0.2, 0.25) is 5.82 Å². The average Bonchev–Trinajstić information content (AvgIpc) is 3.33. The molecule has 1 amide bonds. The number of ether oxygens (including phenoxy) is 1. The fourth-order valence-corrected chi connectivity index (χ4v) is 2.48. The minimum Gasteiger partial charge on any atom is -0.471 e. The fourth-order valence-electron chi connectivity index (χ4n) is 2.48. The summed E-state index contributed by atoms with van der Waals surface area (Å²) in [7, 11) is 0. The first-order valence-corrected chi connectivity index (χ1v) is 8.44. The summed E-state index contributed by atoms with van der Waals surface area (Å²) in [5.41, 5.74) is 1.78. The minimum atomic E-state index is -0.434. The molecule has 0 fully saturated rings. The molecule has 9 heteroatoms. The van der Waals surface area contributed by atoms with Crippen molar-refractivity contribution in [2.75, 3.05) is 5.32 Å². The van der Waals surface area contributed by atoms with Crippen LogP contribution in [0, 0.1) is 0 Å². The highest BCUT2D eigenvalue weighted by molar-refractivity contribution is 6.01. The van der Waals surface area contributed by atoms with E-state index in [1.165, 1.54) is 16.3 Å². The number of nitrogens with one attached hydrogen (secondary N) is 1. The molecule has 27 heavy (non-hydrogen) atoms. The van der Waals surface area contributed by atoms with Crippen LogP contribution in [0.5, 0.6) is 5.75 Å². The van der Waals surface area contributed by atoms with Crippen LogP contribution in [-0.2, 0) is 13.2 Å². The Hall–Kier alpha value is -3.75. The molecule has 0 aliphatic carbocycles. The maximum Gasteiger partial charge on any atom is 0.295 e. The predicted molar refractivity (Wildman–Crippen MR) is 97.4 cm³/mol. The highest BCUT2D eigenvalue weighted by Crippen LogP contribution is 2.14. The maximum absolute atomic E-state index is 12.3. The van der Waals surface area contributed by atoms with Gasteiger partial charge in [0, 0.05) is 12.4 Å². The Balaban J connectivity index is 1.37. The van der Waals surface area contributed by atoms with Gasteiger partial charge in [0.1, 0.15) is 5.75 Å². The molecule has 0 unspecified atom stereocenters. The van der Waals surface area contributed by atoms with Crippen molar-refractivity contribution in [2.24, 2.45) is 0 Å². The number of benzene rings is 1. The number of rotatable bonds is 6. The first kappa shape index (κ1) is 16.7. The number of nitrogens with zero attached hydrogens (tertiary/aromatic N) is 6. The zero-order valence-electron chi connectivity index (χ0n) is 14.6. The Morgan fingerprint density at radius 2 is 2.11 bits per heavy atom. The molecule has 4 rings (SSSR count). The first-order valence-electron chi connectivity index (χ1n) is 8.44. The maximum atomic E-state index is 12.3. The van der Waals surface area contributed by atoms with Gasteiger partial charge in [-0.15, -0.1) is 5.10 Å². The summed E-state index contributed by atoms with van der Waals surface area (Å²) in [4.78, 5) is 20.4. The number of carbonyl (C=O) groups excluding carboxylic acids is 1. The van der Waals surface area contributed by atoms with E-state index in [0.717, 1.165) is 12.2 Å². The molecule has 0 saturated heterocycles. The van der Waals surface area contributed by atoms with E-state index in [-0.39, 0.29) is 12.6 Å². The summed E-state index contributed by atoms with van der Waals surface area (Å²) in [6.45, 7) is 2.34. The molecular weight excluding hydrogens is 346 g/mol. The smallest absolute Gasteiger partial charge is 0.295 e. The molecule has 0 radical (unpaired) electrons. The lowest BCUT2D eigenvalue weighted by Crippen LogP contribution is -2.13. The van der Waals surface area contributed by atoms with Crippen molar-refractivity contribution in [3.8, 4) is 5.75 Å². The third kappa shape index (κ3) is 3.76. The van der Waals surface area contributed by atoms with Crippen molar-refractivity contribution in [2.45, 2.75) is 20.1 Å². The van der Waals surface area contributed by atoms with Crippen molar-refractivity contribution in [3.05, 3.63) is 66.5 Å². The summed E-state index contributed by atoms with van der Waals surface area (Å²) < 4.78 is 8.71. The lowest BCUT2D eigenvalue weighted by molar-refractivity contribution is 0.101. The van der Waals surface area contributed by atoms with E-state index in [1.54, 1.807) is 29.3 Å². The van der Waals surface area contributed by atoms with E-state index < -0.39 is 5.91 Å². The molecule has 136 valence electrons. The quantitative estimate of drug-likeness (QED) is 0.564. The summed E-state index contributed by atoms with van der Waals surface area (Å²) in [5.74, 6) is 0.723. The number of carbonyl (C=O) groups is 1. The lowest BCUT2D eigenvalue weighted by atomic mass is 10.2. The van der Waals surface area contributed by atoms with Crippen molar-refractivity contribution < 1.29 is 9.53 Å². The molecule has 0 bridgehead atoms. The number of fused-ring (bicyclic) bond motifs is 1. The van der Waals surface area contributed by atoms with Gasteiger partial charge < -0.3 is 10.1 Å². The van der Waals surface area contributed by atoms with Crippen LogP contribution in [0.25, 0.3) is 5.78 Å². The standard InChI is InChI=1S/C18H17N7O2/c1-2-13-4-6-15(7-5-13)27-12-24-11-14(10-20-24)21-17(26)16-22-18-19-8-3-9-25(18)23-16/h3-11H,2,12H2,1H3,(H,21,26). The second kappa shape index (κ2) is 7.24. The molecule has 0 aliphatic heterocycles. The number of anilines is 1. The van der Waals surface area contributed by atoms with Gasteiger partial charge >= 0.3 is 0 Å². The van der Waals surface area contributed by atoms with Gasteiger partial charge in [0.25, 0.3) is 11.7 Å². The second-order valence-electron chi connectivity index (χ2n) is 5.79. The van der Waals surface area contributed by atoms with E-state index in [0.29, 0.717) is 11.5 Å². The number of hydrogen-bond donors (Lipinski definition) is 1. The zero-order valence-corrected chi connectivity index (χ0v) is 14.6. The van der Waals surface area contributed by atoms with Crippen LogP contribution in [0.15, 0.2) is 55.1 Å². The Labute approximate surface area is 154 Å². The Bertz CT molecular complexity index is 1040. The van der Waals surface area contributed by atoms with Crippen LogP contribution in [0.1, 0.15) is 23.1 Å². The highest BCUT2D eigenvalue weighted by atomic mass is 16.5. The van der Waals surface area contributed by atoms with E-state index in [4.69, 9.17) is 4.74 Å². The largest absolute Gasteiger partial charge is 0.471 e. The molecule has 3 heterocycles. The molecule has 4 aromatic rings. The van der Waals surface area contributed by atoms with Gasteiger partial charge in [-0.3, -0.25) is 4.79 Å². The van der Waals surface area contributed by atoms with Crippen LogP contribution >= 0.6 is 0 Å². The van der Waals surface area contributed by atoms with Crippen LogP contribution in [0.2, 0.25) is 0 Å². The highest BCUT2D eigenvalue weighted by Gasteiger charge is 2.14. The molecule has 0 aliphatic rings. The predicted octanol–water partition coefficient (Wildman–Crippen LogP) is 2.17. The van der Waals surface area contributed by atoms with Crippen LogP contribution < -0.4 is 10.1 Å². The zero-order chi connectivity index (χ0) is 18.6. The van der Waals surface area contributed by atoms with Crippen LogP contribution in [-0.4, -0.2) is 35.3 Å². The Kier molecular flexibility index (Phi) is 4.48. The van der Waals surface area contributed by atoms with E-state index in [9.17, 15) is 4.79 Å². The lowest BCUT2D eigenvalue weighted by Gasteiger charge is -2.06. The van der Waals surface area contributed by atoms with Crippen LogP contribution in [0.3, 0.4) is 0 Å². The van der Waals surface area contributed by atoms with Gasteiger partial charge in [-0.05, 0) is 30.2 Å². The van der Waals surface area contributed by atoms with Gasteiger partial charge in [-0.1, -0.05) is 19.1 Å². The summed E-state index contributed by atoms with van der Waals surface area (Å²) in [6.07, 6.45) is 7.46. The minimum absolute atomic E-state index is 0.0358. The first-order chi connectivity index (χ1) is 13.2. The summed E-state index contributed by atoms with van der Waals surface area (Å²) in [6, 6.07) is 9.62. The molecule has 1 N–H and O–H groups in total. The number of aryl methyl sites for hydroxylation is 1. The van der Waals surface area contributed by atoms with Gasteiger partial charge in [0.15, 0.2) is 6.73 Å². The molecule has 0 atom stereocenters. The topological polar surface area (TPSA) is 99.2 Å².